The van der Waals surface area contributed by atoms with Gasteiger partial charge in [0.25, 0.3) is 0 Å². The molecule has 5 heteroatoms. The molecule has 27 heavy (non-hydrogen) atoms. The van der Waals surface area contributed by atoms with Gasteiger partial charge in [0.15, 0.2) is 0 Å². The number of amides is 2. The first-order valence-electron chi connectivity index (χ1n) is 9.55. The zero-order valence-corrected chi connectivity index (χ0v) is 15.6. The van der Waals surface area contributed by atoms with Crippen molar-refractivity contribution in [3.63, 3.8) is 0 Å². The van der Waals surface area contributed by atoms with Crippen LogP contribution in [0.25, 0.3) is 0 Å². The Labute approximate surface area is 161 Å². The lowest BCUT2D eigenvalue weighted by Crippen LogP contribution is -2.51. The van der Waals surface area contributed by atoms with Crippen LogP contribution in [-0.4, -0.2) is 60.9 Å². The first-order chi connectivity index (χ1) is 13.2. The largest absolute Gasteiger partial charge is 0.347 e. The number of nitrogens with zero attached hydrogens (tertiary/aromatic N) is 2. The number of nitrogens with one attached hydrogen (secondary N) is 1. The number of piperazine rings is 1. The van der Waals surface area contributed by atoms with Crippen molar-refractivity contribution in [1.82, 2.24) is 15.1 Å². The molecule has 0 saturated carbocycles. The van der Waals surface area contributed by atoms with Crippen LogP contribution < -0.4 is 5.32 Å². The summed E-state index contributed by atoms with van der Waals surface area (Å²) < 4.78 is 0. The highest BCUT2D eigenvalue weighted by atomic mass is 16.2. The minimum absolute atomic E-state index is 0.000814. The molecule has 142 valence electrons. The van der Waals surface area contributed by atoms with E-state index in [1.807, 2.05) is 41.3 Å². The molecule has 0 aromatic heterocycles. The molecule has 1 aliphatic rings. The number of hydrogen-bond donors (Lipinski definition) is 1. The summed E-state index contributed by atoms with van der Waals surface area (Å²) in [6.07, 6.45) is 1.34. The van der Waals surface area contributed by atoms with Crippen molar-refractivity contribution >= 4 is 11.8 Å². The molecule has 1 fully saturated rings. The Hall–Kier alpha value is -2.66. The van der Waals surface area contributed by atoms with Gasteiger partial charge < -0.3 is 10.2 Å². The highest BCUT2D eigenvalue weighted by molar-refractivity contribution is 5.85. The van der Waals surface area contributed by atoms with Crippen molar-refractivity contribution in [2.45, 2.75) is 12.8 Å². The molecule has 0 spiro atoms. The molecule has 1 aliphatic heterocycles. The third-order valence-corrected chi connectivity index (χ3v) is 4.93. The van der Waals surface area contributed by atoms with Gasteiger partial charge in [-0.3, -0.25) is 14.5 Å². The van der Waals surface area contributed by atoms with Crippen LogP contribution in [0.2, 0.25) is 0 Å². The standard InChI is InChI=1S/C22H27N3O2/c26-21(17-20-9-5-2-6-10-20)23-18-22(27)25-15-13-24(14-16-25)12-11-19-7-3-1-4-8-19/h1-10H,11-18H2,(H,23,26). The summed E-state index contributed by atoms with van der Waals surface area (Å²) in [6.45, 7) is 4.31. The average Bonchev–Trinajstić information content (AvgIpc) is 2.72. The smallest absolute Gasteiger partial charge is 0.242 e. The van der Waals surface area contributed by atoms with E-state index in [1.165, 1.54) is 5.56 Å². The Morgan fingerprint density at radius 2 is 1.41 bits per heavy atom. The van der Waals surface area contributed by atoms with Gasteiger partial charge in [0, 0.05) is 32.7 Å². The summed E-state index contributed by atoms with van der Waals surface area (Å²) in [6, 6.07) is 20.0. The summed E-state index contributed by atoms with van der Waals surface area (Å²) in [5.41, 5.74) is 2.30. The SMILES string of the molecule is O=C(Cc1ccccc1)NCC(=O)N1CCN(CCc2ccccc2)CC1. The average molecular weight is 365 g/mol. The Morgan fingerprint density at radius 3 is 2.04 bits per heavy atom. The summed E-state index contributed by atoms with van der Waals surface area (Å²) in [5.74, 6) is -0.116. The van der Waals surface area contributed by atoms with Crippen LogP contribution in [0, 0.1) is 0 Å². The van der Waals surface area contributed by atoms with Gasteiger partial charge in [-0.05, 0) is 17.5 Å². The lowest BCUT2D eigenvalue weighted by Gasteiger charge is -2.34. The minimum atomic E-state index is -0.115. The van der Waals surface area contributed by atoms with Crippen molar-refractivity contribution < 1.29 is 9.59 Å². The van der Waals surface area contributed by atoms with E-state index >= 15 is 0 Å². The number of rotatable bonds is 7. The molecule has 1 N–H and O–H groups in total. The van der Waals surface area contributed by atoms with E-state index in [2.05, 4.69) is 34.5 Å². The number of benzene rings is 2. The first kappa shape index (κ1) is 19.1. The quantitative estimate of drug-likeness (QED) is 0.813. The summed E-state index contributed by atoms with van der Waals surface area (Å²) >= 11 is 0. The lowest BCUT2D eigenvalue weighted by molar-refractivity contribution is -0.134. The van der Waals surface area contributed by atoms with Crippen LogP contribution >= 0.6 is 0 Å². The molecule has 2 aromatic carbocycles. The van der Waals surface area contributed by atoms with Crippen molar-refractivity contribution in [3.05, 3.63) is 71.8 Å². The number of carbonyl (C=O) groups is 2. The van der Waals surface area contributed by atoms with Gasteiger partial charge in [-0.2, -0.15) is 0 Å². The molecule has 5 nitrogen and oxygen atoms in total. The Kier molecular flexibility index (Phi) is 6.99. The van der Waals surface area contributed by atoms with Gasteiger partial charge in [0.2, 0.25) is 11.8 Å². The topological polar surface area (TPSA) is 52.7 Å². The van der Waals surface area contributed by atoms with E-state index in [0.29, 0.717) is 6.42 Å². The highest BCUT2D eigenvalue weighted by Gasteiger charge is 2.21. The maximum Gasteiger partial charge on any atom is 0.242 e. The van der Waals surface area contributed by atoms with Crippen LogP contribution in [0.4, 0.5) is 0 Å². The van der Waals surface area contributed by atoms with Crippen molar-refractivity contribution in [2.24, 2.45) is 0 Å². The third kappa shape index (κ3) is 6.22. The van der Waals surface area contributed by atoms with Gasteiger partial charge in [-0.25, -0.2) is 0 Å². The molecule has 0 bridgehead atoms. The van der Waals surface area contributed by atoms with Crippen LogP contribution in [0.15, 0.2) is 60.7 Å². The van der Waals surface area contributed by atoms with Gasteiger partial charge >= 0.3 is 0 Å². The Bertz CT molecular complexity index is 726. The maximum absolute atomic E-state index is 12.3. The van der Waals surface area contributed by atoms with Crippen molar-refractivity contribution in [2.75, 3.05) is 39.3 Å². The Balaban J connectivity index is 1.34. The normalized spacial score (nSPS) is 14.7. The molecule has 0 atom stereocenters. The molecule has 2 amide bonds. The van der Waals surface area contributed by atoms with Crippen LogP contribution in [0.1, 0.15) is 11.1 Å². The van der Waals surface area contributed by atoms with Gasteiger partial charge in [-0.15, -0.1) is 0 Å². The summed E-state index contributed by atoms with van der Waals surface area (Å²) in [5, 5.41) is 2.74. The van der Waals surface area contributed by atoms with E-state index in [1.54, 1.807) is 0 Å². The summed E-state index contributed by atoms with van der Waals surface area (Å²) in [7, 11) is 0. The minimum Gasteiger partial charge on any atom is -0.347 e. The molecular formula is C22H27N3O2. The second-order valence-corrected chi connectivity index (χ2v) is 6.90. The van der Waals surface area contributed by atoms with Crippen LogP contribution in [0.3, 0.4) is 0 Å². The first-order valence-corrected chi connectivity index (χ1v) is 9.55. The lowest BCUT2D eigenvalue weighted by atomic mass is 10.1. The molecule has 0 unspecified atom stereocenters. The zero-order chi connectivity index (χ0) is 18.9. The second-order valence-electron chi connectivity index (χ2n) is 6.90. The second kappa shape index (κ2) is 9.88. The van der Waals surface area contributed by atoms with Crippen LogP contribution in [-0.2, 0) is 22.4 Å². The highest BCUT2D eigenvalue weighted by Crippen LogP contribution is 2.06. The van der Waals surface area contributed by atoms with E-state index < -0.39 is 0 Å². The van der Waals surface area contributed by atoms with Gasteiger partial charge in [0.1, 0.15) is 0 Å². The van der Waals surface area contributed by atoms with E-state index in [-0.39, 0.29) is 18.4 Å². The van der Waals surface area contributed by atoms with Crippen molar-refractivity contribution in [1.29, 1.82) is 0 Å². The Morgan fingerprint density at radius 1 is 0.815 bits per heavy atom. The predicted octanol–water partition coefficient (Wildman–Crippen LogP) is 1.73. The summed E-state index contributed by atoms with van der Waals surface area (Å²) in [4.78, 5) is 28.6. The fraction of sp³-hybridized carbons (Fsp3) is 0.364. The van der Waals surface area contributed by atoms with E-state index in [4.69, 9.17) is 0 Å². The molecule has 1 heterocycles. The maximum atomic E-state index is 12.3. The van der Waals surface area contributed by atoms with Gasteiger partial charge in [0.05, 0.1) is 13.0 Å². The zero-order valence-electron chi connectivity index (χ0n) is 15.6. The van der Waals surface area contributed by atoms with E-state index in [9.17, 15) is 9.59 Å². The fourth-order valence-corrected chi connectivity index (χ4v) is 3.28. The predicted molar refractivity (Wildman–Crippen MR) is 106 cm³/mol. The van der Waals surface area contributed by atoms with Gasteiger partial charge in [-0.1, -0.05) is 60.7 Å². The third-order valence-electron chi connectivity index (χ3n) is 4.93. The molecule has 0 aliphatic carbocycles. The molecule has 3 rings (SSSR count). The molecule has 2 aromatic rings. The van der Waals surface area contributed by atoms with Crippen molar-refractivity contribution in [3.8, 4) is 0 Å². The molecule has 1 saturated heterocycles. The molecular weight excluding hydrogens is 338 g/mol. The monoisotopic (exact) mass is 365 g/mol. The number of hydrogen-bond acceptors (Lipinski definition) is 3. The molecule has 0 radical (unpaired) electrons. The van der Waals surface area contributed by atoms with Crippen LogP contribution in [0.5, 0.6) is 0 Å². The fourth-order valence-electron chi connectivity index (χ4n) is 3.28. The number of carbonyl (C=O) groups excluding carboxylic acids is 2. The van der Waals surface area contributed by atoms with E-state index in [0.717, 1.165) is 44.7 Å².